The number of amides is 1. The number of hydrogen-bond donors (Lipinski definition) is 2. The number of nitrogens with two attached hydrogens (primary N) is 1. The Morgan fingerprint density at radius 1 is 1.28 bits per heavy atom. The second kappa shape index (κ2) is 6.01. The van der Waals surface area contributed by atoms with Gasteiger partial charge < -0.3 is 11.1 Å². The van der Waals surface area contributed by atoms with Crippen molar-refractivity contribution in [2.45, 2.75) is 32.6 Å². The summed E-state index contributed by atoms with van der Waals surface area (Å²) in [5, 5.41) is 2.65. The van der Waals surface area contributed by atoms with Gasteiger partial charge in [-0.1, -0.05) is 45.0 Å². The molecule has 3 nitrogen and oxygen atoms in total. The minimum atomic E-state index is -0.143. The first kappa shape index (κ1) is 14.7. The van der Waals surface area contributed by atoms with Gasteiger partial charge in [0.05, 0.1) is 5.92 Å². The zero-order valence-corrected chi connectivity index (χ0v) is 11.8. The van der Waals surface area contributed by atoms with Crippen molar-refractivity contribution in [3.05, 3.63) is 35.4 Å². The van der Waals surface area contributed by atoms with E-state index in [1.807, 2.05) is 0 Å². The van der Waals surface area contributed by atoms with E-state index in [-0.39, 0.29) is 17.2 Å². The maximum absolute atomic E-state index is 11.6. The SMILES string of the molecule is CNC(=O)C(CN)Cc1ccc(C(C)(C)C)cc1. The van der Waals surface area contributed by atoms with E-state index in [2.05, 4.69) is 50.4 Å². The molecule has 0 spiro atoms. The molecule has 0 bridgehead atoms. The van der Waals surface area contributed by atoms with Crippen molar-refractivity contribution >= 4 is 5.91 Å². The molecule has 100 valence electrons. The maximum Gasteiger partial charge on any atom is 0.224 e. The Morgan fingerprint density at radius 3 is 2.22 bits per heavy atom. The van der Waals surface area contributed by atoms with Gasteiger partial charge in [0.2, 0.25) is 5.91 Å². The van der Waals surface area contributed by atoms with Crippen molar-refractivity contribution < 1.29 is 4.79 Å². The minimum Gasteiger partial charge on any atom is -0.359 e. The van der Waals surface area contributed by atoms with Crippen LogP contribution >= 0.6 is 0 Å². The summed E-state index contributed by atoms with van der Waals surface area (Å²) in [6.45, 7) is 6.94. The summed E-state index contributed by atoms with van der Waals surface area (Å²) >= 11 is 0. The zero-order chi connectivity index (χ0) is 13.8. The molecule has 0 saturated carbocycles. The Bertz CT molecular complexity index is 390. The molecule has 3 N–H and O–H groups in total. The highest BCUT2D eigenvalue weighted by Gasteiger charge is 2.17. The number of carbonyl (C=O) groups excluding carboxylic acids is 1. The Balaban J connectivity index is 2.77. The highest BCUT2D eigenvalue weighted by molar-refractivity contribution is 5.78. The fourth-order valence-electron chi connectivity index (χ4n) is 1.91. The van der Waals surface area contributed by atoms with Crippen molar-refractivity contribution in [3.8, 4) is 0 Å². The molecular weight excluding hydrogens is 224 g/mol. The van der Waals surface area contributed by atoms with Crippen LogP contribution in [0, 0.1) is 5.92 Å². The lowest BCUT2D eigenvalue weighted by Crippen LogP contribution is -2.34. The molecule has 0 aromatic heterocycles. The first-order chi connectivity index (χ1) is 8.38. The molecule has 0 heterocycles. The second-order valence-corrected chi connectivity index (χ2v) is 5.70. The van der Waals surface area contributed by atoms with Crippen LogP contribution in [0.5, 0.6) is 0 Å². The van der Waals surface area contributed by atoms with Crippen molar-refractivity contribution in [2.24, 2.45) is 11.7 Å². The van der Waals surface area contributed by atoms with Gasteiger partial charge >= 0.3 is 0 Å². The van der Waals surface area contributed by atoms with Crippen LogP contribution in [0.4, 0.5) is 0 Å². The Morgan fingerprint density at radius 2 is 1.83 bits per heavy atom. The highest BCUT2D eigenvalue weighted by Crippen LogP contribution is 2.22. The lowest BCUT2D eigenvalue weighted by atomic mass is 9.86. The summed E-state index contributed by atoms with van der Waals surface area (Å²) in [6.07, 6.45) is 0.695. The fraction of sp³-hybridized carbons (Fsp3) is 0.533. The fourth-order valence-corrected chi connectivity index (χ4v) is 1.91. The van der Waals surface area contributed by atoms with Crippen LogP contribution in [0.2, 0.25) is 0 Å². The van der Waals surface area contributed by atoms with E-state index in [1.54, 1.807) is 7.05 Å². The van der Waals surface area contributed by atoms with Crippen LogP contribution in [0.15, 0.2) is 24.3 Å². The van der Waals surface area contributed by atoms with Gasteiger partial charge in [-0.25, -0.2) is 0 Å². The average molecular weight is 248 g/mol. The van der Waals surface area contributed by atoms with Gasteiger partial charge in [0, 0.05) is 13.6 Å². The smallest absolute Gasteiger partial charge is 0.224 e. The van der Waals surface area contributed by atoms with Gasteiger partial charge in [0.15, 0.2) is 0 Å². The van der Waals surface area contributed by atoms with Gasteiger partial charge in [-0.2, -0.15) is 0 Å². The monoisotopic (exact) mass is 248 g/mol. The first-order valence-corrected chi connectivity index (χ1v) is 6.39. The van der Waals surface area contributed by atoms with E-state index in [0.717, 1.165) is 5.56 Å². The molecule has 1 atom stereocenters. The van der Waals surface area contributed by atoms with Crippen LogP contribution < -0.4 is 11.1 Å². The summed E-state index contributed by atoms with van der Waals surface area (Å²) in [6, 6.07) is 8.44. The lowest BCUT2D eigenvalue weighted by Gasteiger charge is -2.20. The van der Waals surface area contributed by atoms with Gasteiger partial charge in [-0.05, 0) is 23.0 Å². The van der Waals surface area contributed by atoms with Crippen LogP contribution in [-0.4, -0.2) is 19.5 Å². The highest BCUT2D eigenvalue weighted by atomic mass is 16.1. The molecule has 18 heavy (non-hydrogen) atoms. The largest absolute Gasteiger partial charge is 0.359 e. The number of benzene rings is 1. The summed E-state index contributed by atoms with van der Waals surface area (Å²) in [4.78, 5) is 11.6. The predicted octanol–water partition coefficient (Wildman–Crippen LogP) is 1.85. The topological polar surface area (TPSA) is 55.1 Å². The summed E-state index contributed by atoms with van der Waals surface area (Å²) < 4.78 is 0. The molecule has 3 heteroatoms. The van der Waals surface area contributed by atoms with Crippen molar-refractivity contribution in [1.29, 1.82) is 0 Å². The standard InChI is InChI=1S/C15H24N2O/c1-15(2,3)13-7-5-11(6-8-13)9-12(10-16)14(18)17-4/h5-8,12H,9-10,16H2,1-4H3,(H,17,18). The summed E-state index contributed by atoms with van der Waals surface area (Å²) in [7, 11) is 1.65. The van der Waals surface area contributed by atoms with E-state index in [4.69, 9.17) is 5.73 Å². The third kappa shape index (κ3) is 3.84. The van der Waals surface area contributed by atoms with E-state index < -0.39 is 0 Å². The molecule has 0 fully saturated rings. The minimum absolute atomic E-state index is 0.0115. The molecule has 1 amide bonds. The third-order valence-corrected chi connectivity index (χ3v) is 3.20. The average Bonchev–Trinajstić information content (AvgIpc) is 2.34. The van der Waals surface area contributed by atoms with Crippen LogP contribution in [-0.2, 0) is 16.6 Å². The number of carbonyl (C=O) groups is 1. The lowest BCUT2D eigenvalue weighted by molar-refractivity contribution is -0.124. The quantitative estimate of drug-likeness (QED) is 0.854. The first-order valence-electron chi connectivity index (χ1n) is 6.39. The van der Waals surface area contributed by atoms with E-state index in [0.29, 0.717) is 13.0 Å². The number of rotatable bonds is 4. The van der Waals surface area contributed by atoms with Crippen LogP contribution in [0.1, 0.15) is 31.9 Å². The summed E-state index contributed by atoms with van der Waals surface area (Å²) in [5.74, 6) is -0.132. The van der Waals surface area contributed by atoms with Gasteiger partial charge in [-0.3, -0.25) is 4.79 Å². The Labute approximate surface area is 110 Å². The molecule has 1 aromatic carbocycles. The van der Waals surface area contributed by atoms with Gasteiger partial charge in [0.25, 0.3) is 0 Å². The van der Waals surface area contributed by atoms with Gasteiger partial charge in [-0.15, -0.1) is 0 Å². The predicted molar refractivity (Wildman–Crippen MR) is 75.5 cm³/mol. The van der Waals surface area contributed by atoms with Crippen molar-refractivity contribution in [1.82, 2.24) is 5.32 Å². The second-order valence-electron chi connectivity index (χ2n) is 5.70. The number of nitrogens with one attached hydrogen (secondary N) is 1. The molecular formula is C15H24N2O. The Kier molecular flexibility index (Phi) is 4.91. The van der Waals surface area contributed by atoms with E-state index in [1.165, 1.54) is 5.56 Å². The van der Waals surface area contributed by atoms with Crippen molar-refractivity contribution in [3.63, 3.8) is 0 Å². The molecule has 1 unspecified atom stereocenters. The molecule has 0 saturated heterocycles. The molecule has 1 aromatic rings. The number of hydrogen-bond acceptors (Lipinski definition) is 2. The zero-order valence-electron chi connectivity index (χ0n) is 11.8. The maximum atomic E-state index is 11.6. The third-order valence-electron chi connectivity index (χ3n) is 3.20. The molecule has 0 aliphatic heterocycles. The van der Waals surface area contributed by atoms with Crippen molar-refractivity contribution in [2.75, 3.05) is 13.6 Å². The van der Waals surface area contributed by atoms with E-state index in [9.17, 15) is 4.79 Å². The van der Waals surface area contributed by atoms with Gasteiger partial charge in [0.1, 0.15) is 0 Å². The normalized spacial score (nSPS) is 13.2. The van der Waals surface area contributed by atoms with Crippen LogP contribution in [0.25, 0.3) is 0 Å². The molecule has 1 rings (SSSR count). The molecule has 0 aliphatic rings. The van der Waals surface area contributed by atoms with E-state index >= 15 is 0 Å². The molecule has 0 aliphatic carbocycles. The molecule has 0 radical (unpaired) electrons. The Hall–Kier alpha value is -1.35. The van der Waals surface area contributed by atoms with Crippen LogP contribution in [0.3, 0.4) is 0 Å². The summed E-state index contributed by atoms with van der Waals surface area (Å²) in [5.41, 5.74) is 8.25.